The average molecular weight is 357 g/mol. The minimum absolute atomic E-state index is 0.0586. The van der Waals surface area contributed by atoms with Gasteiger partial charge in [-0.05, 0) is 50.1 Å². The third kappa shape index (κ3) is 4.40. The van der Waals surface area contributed by atoms with Crippen LogP contribution in [0.3, 0.4) is 0 Å². The molecule has 2 aromatic rings. The molecular formula is C20H21ClN2O2. The van der Waals surface area contributed by atoms with Crippen molar-refractivity contribution in [2.75, 3.05) is 13.1 Å². The summed E-state index contributed by atoms with van der Waals surface area (Å²) in [5.41, 5.74) is 2.36. The van der Waals surface area contributed by atoms with Crippen LogP contribution in [0.1, 0.15) is 39.1 Å². The molecule has 0 spiro atoms. The van der Waals surface area contributed by atoms with Crippen molar-refractivity contribution in [1.29, 1.82) is 0 Å². The summed E-state index contributed by atoms with van der Waals surface area (Å²) in [5, 5.41) is 3.58. The van der Waals surface area contributed by atoms with E-state index < -0.39 is 0 Å². The maximum atomic E-state index is 12.6. The van der Waals surface area contributed by atoms with Gasteiger partial charge in [0.05, 0.1) is 0 Å². The lowest BCUT2D eigenvalue weighted by molar-refractivity contribution is 0.0698. The topological polar surface area (TPSA) is 49.4 Å². The van der Waals surface area contributed by atoms with E-state index in [0.717, 1.165) is 24.0 Å². The van der Waals surface area contributed by atoms with E-state index in [4.69, 9.17) is 11.6 Å². The molecular weight excluding hydrogens is 336 g/mol. The Kier molecular flexibility index (Phi) is 5.39. The van der Waals surface area contributed by atoms with E-state index in [9.17, 15) is 9.59 Å². The second-order valence-electron chi connectivity index (χ2n) is 6.42. The fourth-order valence-corrected chi connectivity index (χ4v) is 3.28. The highest BCUT2D eigenvalue weighted by molar-refractivity contribution is 6.30. The van der Waals surface area contributed by atoms with Crippen LogP contribution < -0.4 is 5.32 Å². The first-order valence-corrected chi connectivity index (χ1v) is 8.83. The lowest BCUT2D eigenvalue weighted by Gasteiger charge is -2.32. The standard InChI is InChI=1S/C20H21ClN2O2/c1-14-4-2-6-16(12-14)20(25)23-10-8-18(9-11-23)22-19(24)15-5-3-7-17(21)13-15/h2-7,12-13,18H,8-11H2,1H3,(H,22,24). The molecule has 0 radical (unpaired) electrons. The Hall–Kier alpha value is -2.33. The predicted molar refractivity (Wildman–Crippen MR) is 99.0 cm³/mol. The van der Waals surface area contributed by atoms with Gasteiger partial charge in [0, 0.05) is 35.3 Å². The first-order valence-electron chi connectivity index (χ1n) is 8.45. The number of likely N-dealkylation sites (tertiary alicyclic amines) is 1. The third-order valence-corrected chi connectivity index (χ3v) is 4.70. The lowest BCUT2D eigenvalue weighted by atomic mass is 10.0. The highest BCUT2D eigenvalue weighted by Crippen LogP contribution is 2.16. The average Bonchev–Trinajstić information content (AvgIpc) is 2.62. The van der Waals surface area contributed by atoms with E-state index in [1.165, 1.54) is 0 Å². The highest BCUT2D eigenvalue weighted by atomic mass is 35.5. The second kappa shape index (κ2) is 7.70. The zero-order valence-electron chi connectivity index (χ0n) is 14.2. The van der Waals surface area contributed by atoms with Crippen LogP contribution in [0.4, 0.5) is 0 Å². The summed E-state index contributed by atoms with van der Waals surface area (Å²) in [7, 11) is 0. The summed E-state index contributed by atoms with van der Waals surface area (Å²) in [5.74, 6) is -0.0609. The van der Waals surface area contributed by atoms with Gasteiger partial charge in [0.15, 0.2) is 0 Å². The summed E-state index contributed by atoms with van der Waals surface area (Å²) >= 11 is 5.93. The SMILES string of the molecule is Cc1cccc(C(=O)N2CCC(NC(=O)c3cccc(Cl)c3)CC2)c1. The summed E-state index contributed by atoms with van der Waals surface area (Å²) in [6.07, 6.45) is 1.51. The monoisotopic (exact) mass is 356 g/mol. The molecule has 0 saturated carbocycles. The van der Waals surface area contributed by atoms with Crippen molar-refractivity contribution < 1.29 is 9.59 Å². The van der Waals surface area contributed by atoms with E-state index in [1.54, 1.807) is 24.3 Å². The molecule has 5 heteroatoms. The number of halogens is 1. The van der Waals surface area contributed by atoms with Gasteiger partial charge in [0.1, 0.15) is 0 Å². The number of nitrogens with zero attached hydrogens (tertiary/aromatic N) is 1. The fraction of sp³-hybridized carbons (Fsp3) is 0.300. The van der Waals surface area contributed by atoms with Crippen LogP contribution in [0.2, 0.25) is 5.02 Å². The summed E-state index contributed by atoms with van der Waals surface area (Å²) in [6.45, 7) is 3.27. The van der Waals surface area contributed by atoms with E-state index >= 15 is 0 Å². The molecule has 1 heterocycles. The van der Waals surface area contributed by atoms with Gasteiger partial charge in [-0.3, -0.25) is 9.59 Å². The van der Waals surface area contributed by atoms with Crippen LogP contribution in [-0.2, 0) is 0 Å². The Bertz CT molecular complexity index is 783. The molecule has 1 saturated heterocycles. The molecule has 4 nitrogen and oxygen atoms in total. The number of benzene rings is 2. The molecule has 0 atom stereocenters. The van der Waals surface area contributed by atoms with Gasteiger partial charge in [0.25, 0.3) is 11.8 Å². The minimum atomic E-state index is -0.119. The van der Waals surface area contributed by atoms with Gasteiger partial charge >= 0.3 is 0 Å². The predicted octanol–water partition coefficient (Wildman–Crippen LogP) is 3.68. The molecule has 25 heavy (non-hydrogen) atoms. The van der Waals surface area contributed by atoms with Gasteiger partial charge in [-0.15, -0.1) is 0 Å². The van der Waals surface area contributed by atoms with Crippen LogP contribution in [0.5, 0.6) is 0 Å². The normalized spacial score (nSPS) is 15.0. The Balaban J connectivity index is 1.55. The molecule has 2 amide bonds. The van der Waals surface area contributed by atoms with Crippen molar-refractivity contribution in [2.45, 2.75) is 25.8 Å². The number of nitrogens with one attached hydrogen (secondary N) is 1. The number of amides is 2. The van der Waals surface area contributed by atoms with Crippen molar-refractivity contribution in [2.24, 2.45) is 0 Å². The quantitative estimate of drug-likeness (QED) is 0.911. The van der Waals surface area contributed by atoms with Crippen molar-refractivity contribution in [3.8, 4) is 0 Å². The van der Waals surface area contributed by atoms with E-state index in [-0.39, 0.29) is 17.9 Å². The van der Waals surface area contributed by atoms with Crippen molar-refractivity contribution >= 4 is 23.4 Å². The number of carbonyl (C=O) groups excluding carboxylic acids is 2. The van der Waals surface area contributed by atoms with E-state index in [0.29, 0.717) is 23.7 Å². The molecule has 1 aliphatic heterocycles. The number of rotatable bonds is 3. The molecule has 1 fully saturated rings. The molecule has 1 N–H and O–H groups in total. The van der Waals surface area contributed by atoms with Crippen LogP contribution in [0.25, 0.3) is 0 Å². The third-order valence-electron chi connectivity index (χ3n) is 4.47. The maximum absolute atomic E-state index is 12.6. The maximum Gasteiger partial charge on any atom is 0.253 e. The Morgan fingerprint density at radius 2 is 1.72 bits per heavy atom. The number of hydrogen-bond donors (Lipinski definition) is 1. The highest BCUT2D eigenvalue weighted by Gasteiger charge is 2.24. The van der Waals surface area contributed by atoms with E-state index in [1.807, 2.05) is 36.1 Å². The van der Waals surface area contributed by atoms with Crippen molar-refractivity contribution in [1.82, 2.24) is 10.2 Å². The lowest BCUT2D eigenvalue weighted by Crippen LogP contribution is -2.46. The van der Waals surface area contributed by atoms with Gasteiger partial charge in [-0.1, -0.05) is 35.4 Å². The smallest absolute Gasteiger partial charge is 0.253 e. The Labute approximate surface area is 152 Å². The molecule has 0 bridgehead atoms. The van der Waals surface area contributed by atoms with Gasteiger partial charge < -0.3 is 10.2 Å². The molecule has 1 aliphatic rings. The van der Waals surface area contributed by atoms with Gasteiger partial charge in [0.2, 0.25) is 0 Å². The molecule has 2 aromatic carbocycles. The summed E-state index contributed by atoms with van der Waals surface area (Å²) in [6, 6.07) is 14.6. The number of carbonyl (C=O) groups is 2. The molecule has 0 aromatic heterocycles. The second-order valence-corrected chi connectivity index (χ2v) is 6.86. The number of aryl methyl sites for hydroxylation is 1. The van der Waals surface area contributed by atoms with Crippen LogP contribution in [0, 0.1) is 6.92 Å². The fourth-order valence-electron chi connectivity index (χ4n) is 3.09. The van der Waals surface area contributed by atoms with Crippen LogP contribution in [0.15, 0.2) is 48.5 Å². The Morgan fingerprint density at radius 3 is 2.40 bits per heavy atom. The summed E-state index contributed by atoms with van der Waals surface area (Å²) in [4.78, 5) is 26.7. The van der Waals surface area contributed by atoms with Gasteiger partial charge in [-0.25, -0.2) is 0 Å². The van der Waals surface area contributed by atoms with E-state index in [2.05, 4.69) is 5.32 Å². The summed E-state index contributed by atoms with van der Waals surface area (Å²) < 4.78 is 0. The minimum Gasteiger partial charge on any atom is -0.349 e. The molecule has 0 unspecified atom stereocenters. The number of hydrogen-bond acceptors (Lipinski definition) is 2. The van der Waals surface area contributed by atoms with Gasteiger partial charge in [-0.2, -0.15) is 0 Å². The first kappa shape index (κ1) is 17.5. The first-order chi connectivity index (χ1) is 12.0. The number of piperidine rings is 1. The van der Waals surface area contributed by atoms with Crippen molar-refractivity contribution in [3.63, 3.8) is 0 Å². The van der Waals surface area contributed by atoms with Crippen molar-refractivity contribution in [3.05, 3.63) is 70.2 Å². The van der Waals surface area contributed by atoms with Crippen LogP contribution >= 0.6 is 11.6 Å². The Morgan fingerprint density at radius 1 is 1.04 bits per heavy atom. The largest absolute Gasteiger partial charge is 0.349 e. The zero-order chi connectivity index (χ0) is 17.8. The molecule has 130 valence electrons. The van der Waals surface area contributed by atoms with Crippen LogP contribution in [-0.4, -0.2) is 35.8 Å². The molecule has 0 aliphatic carbocycles. The molecule has 3 rings (SSSR count). The zero-order valence-corrected chi connectivity index (χ0v) is 14.9.